The van der Waals surface area contributed by atoms with E-state index in [-0.39, 0.29) is 47.4 Å². The number of hydrogen-bond donors (Lipinski definition) is 2. The second-order valence-electron chi connectivity index (χ2n) is 14.3. The molecule has 8 rings (SSSR count). The Labute approximate surface area is 279 Å². The Hall–Kier alpha value is -3.94. The number of halogens is 3. The quantitative estimate of drug-likeness (QED) is 0.199. The largest absolute Gasteiger partial charge is 0.461 e. The van der Waals surface area contributed by atoms with Gasteiger partial charge < -0.3 is 15.4 Å². The monoisotopic (exact) mass is 654 g/mol. The van der Waals surface area contributed by atoms with Crippen molar-refractivity contribution < 1.29 is 17.9 Å². The van der Waals surface area contributed by atoms with E-state index in [4.69, 9.17) is 26.1 Å². The summed E-state index contributed by atoms with van der Waals surface area (Å²) in [4.78, 5) is 16.7. The van der Waals surface area contributed by atoms with E-state index in [0.717, 1.165) is 32.2 Å². The molecule has 4 aromatic rings. The Morgan fingerprint density at radius 2 is 2.00 bits per heavy atom. The fourth-order valence-electron chi connectivity index (χ4n) is 8.46. The van der Waals surface area contributed by atoms with Crippen LogP contribution in [0.1, 0.15) is 70.1 Å². The smallest absolute Gasteiger partial charge is 0.319 e. The number of rotatable bonds is 8. The van der Waals surface area contributed by atoms with E-state index in [0.29, 0.717) is 58.7 Å². The van der Waals surface area contributed by atoms with Crippen molar-refractivity contribution in [3.63, 3.8) is 0 Å². The maximum absolute atomic E-state index is 17.1. The molecule has 2 aromatic carbocycles. The van der Waals surface area contributed by atoms with Gasteiger partial charge in [-0.2, -0.15) is 9.97 Å². The highest BCUT2D eigenvalue weighted by Gasteiger charge is 2.49. The lowest BCUT2D eigenvalue weighted by Gasteiger charge is -2.35. The first kappa shape index (κ1) is 31.3. The van der Waals surface area contributed by atoms with Gasteiger partial charge in [-0.05, 0) is 68.9 Å². The minimum absolute atomic E-state index is 0.0303. The molecule has 0 bridgehead atoms. The Kier molecular flexibility index (Phi) is 7.96. The number of nitrogens with one attached hydrogen (secondary N) is 2. The lowest BCUT2D eigenvalue weighted by Crippen LogP contribution is -2.49. The van der Waals surface area contributed by atoms with Gasteiger partial charge in [0.1, 0.15) is 35.6 Å². The summed E-state index contributed by atoms with van der Waals surface area (Å²) in [6, 6.07) is 9.10. The van der Waals surface area contributed by atoms with Crippen LogP contribution in [0.2, 0.25) is 0 Å². The molecule has 1 saturated carbocycles. The van der Waals surface area contributed by atoms with Crippen LogP contribution >= 0.6 is 0 Å². The molecule has 0 unspecified atom stereocenters. The van der Waals surface area contributed by atoms with Crippen molar-refractivity contribution in [2.24, 2.45) is 5.92 Å². The zero-order valence-corrected chi connectivity index (χ0v) is 27.5. The van der Waals surface area contributed by atoms with Gasteiger partial charge in [0.25, 0.3) is 0 Å². The van der Waals surface area contributed by atoms with Crippen molar-refractivity contribution in [3.8, 4) is 29.6 Å². The number of alkyl halides is 1. The fraction of sp³-hybridized carbons (Fsp3) is 0.500. The van der Waals surface area contributed by atoms with Crippen molar-refractivity contribution in [2.45, 2.75) is 95.1 Å². The molecule has 0 radical (unpaired) electrons. The average Bonchev–Trinajstić information content (AvgIpc) is 3.74. The fourth-order valence-corrected chi connectivity index (χ4v) is 8.46. The third-order valence-electron chi connectivity index (χ3n) is 11.1. The Morgan fingerprint density at radius 3 is 2.79 bits per heavy atom. The SMILES string of the molecule is C#Cc1c(F)ccc2cccc(-c3nc4c5c(nc(OC[C@@]67CCCN6C[C@H](F)C7)nc5c3F)N[C@H]([C@H](CC)NC3CC3)[C@@H](C)CC4)c12. The van der Waals surface area contributed by atoms with Crippen LogP contribution in [0.3, 0.4) is 0 Å². The lowest BCUT2D eigenvalue weighted by molar-refractivity contribution is 0.107. The van der Waals surface area contributed by atoms with Crippen LogP contribution < -0.4 is 15.4 Å². The van der Waals surface area contributed by atoms with Crippen LogP contribution in [0.25, 0.3) is 32.9 Å². The van der Waals surface area contributed by atoms with E-state index in [1.807, 2.05) is 6.07 Å². The molecule has 10 heteroatoms. The summed E-state index contributed by atoms with van der Waals surface area (Å²) in [5, 5.41) is 9.17. The molecular formula is C38H41F3N6O. The first-order chi connectivity index (χ1) is 23.3. The summed E-state index contributed by atoms with van der Waals surface area (Å²) >= 11 is 0. The average molecular weight is 655 g/mol. The predicted molar refractivity (Wildman–Crippen MR) is 182 cm³/mol. The van der Waals surface area contributed by atoms with E-state index in [2.05, 4.69) is 35.3 Å². The van der Waals surface area contributed by atoms with E-state index in [1.165, 1.54) is 18.9 Å². The zero-order chi connectivity index (χ0) is 33.2. The van der Waals surface area contributed by atoms with E-state index in [9.17, 15) is 8.78 Å². The third kappa shape index (κ3) is 5.36. The first-order valence-corrected chi connectivity index (χ1v) is 17.4. The highest BCUT2D eigenvalue weighted by molar-refractivity contribution is 6.02. The van der Waals surface area contributed by atoms with Gasteiger partial charge in [0, 0.05) is 42.0 Å². The molecule has 7 nitrogen and oxygen atoms in total. The molecule has 1 aliphatic carbocycles. The van der Waals surface area contributed by atoms with E-state index >= 15 is 4.39 Å². The number of nitrogens with zero attached hydrogens (tertiary/aromatic N) is 4. The van der Waals surface area contributed by atoms with Crippen molar-refractivity contribution in [2.75, 3.05) is 25.0 Å². The predicted octanol–water partition coefficient (Wildman–Crippen LogP) is 6.95. The molecule has 4 aliphatic rings. The van der Waals surface area contributed by atoms with Gasteiger partial charge >= 0.3 is 6.01 Å². The number of benzene rings is 2. The van der Waals surface area contributed by atoms with Crippen LogP contribution in [-0.2, 0) is 6.42 Å². The van der Waals surface area contributed by atoms with Crippen molar-refractivity contribution >= 4 is 27.5 Å². The van der Waals surface area contributed by atoms with Crippen LogP contribution in [0.15, 0.2) is 30.3 Å². The summed E-state index contributed by atoms with van der Waals surface area (Å²) < 4.78 is 53.0. The normalized spacial score (nSPS) is 26.1. The van der Waals surface area contributed by atoms with Gasteiger partial charge in [-0.15, -0.1) is 6.42 Å². The second-order valence-corrected chi connectivity index (χ2v) is 14.3. The van der Waals surface area contributed by atoms with E-state index in [1.54, 1.807) is 18.2 Å². The summed E-state index contributed by atoms with van der Waals surface area (Å²) in [5.41, 5.74) is 0.861. The molecule has 3 aliphatic heterocycles. The Balaban J connectivity index is 1.29. The molecule has 48 heavy (non-hydrogen) atoms. The standard InChI is InChI=1S/C38H41F3N6O/c1-4-25-27(40)14-11-22-8-6-9-26(30(22)25)34-32(41)35-31-29(43-34)15-10-21(3)33(28(5-2)42-24-12-13-24)44-36(31)46-37(45-35)48-20-38-16-7-17-47(38)19-23(39)18-38/h1,6,8-9,11,14,21,23-24,28,33,42H,5,7,10,12-13,15-20H2,2-3H3,(H,44,45,46)/t21-,23+,28-,33-,38-/m0/s1. The number of pyridine rings is 1. The number of hydrogen-bond acceptors (Lipinski definition) is 7. The zero-order valence-electron chi connectivity index (χ0n) is 27.5. The molecule has 3 fully saturated rings. The van der Waals surface area contributed by atoms with Gasteiger partial charge in [0.2, 0.25) is 0 Å². The van der Waals surface area contributed by atoms with Gasteiger partial charge in [-0.1, -0.05) is 44.0 Å². The van der Waals surface area contributed by atoms with E-state index < -0.39 is 23.3 Å². The number of anilines is 1. The highest BCUT2D eigenvalue weighted by atomic mass is 19.1. The molecular weight excluding hydrogens is 613 g/mol. The molecule has 5 heterocycles. The molecule has 2 N–H and O–H groups in total. The second kappa shape index (κ2) is 12.2. The van der Waals surface area contributed by atoms with Crippen LogP contribution in [-0.4, -0.2) is 69.4 Å². The van der Waals surface area contributed by atoms with Gasteiger partial charge in [0.05, 0.1) is 22.2 Å². The number of ether oxygens (including phenoxy) is 1. The minimum Gasteiger partial charge on any atom is -0.461 e. The number of aromatic nitrogens is 3. The van der Waals surface area contributed by atoms with Gasteiger partial charge in [0.15, 0.2) is 5.82 Å². The van der Waals surface area contributed by atoms with Crippen molar-refractivity contribution in [1.82, 2.24) is 25.2 Å². The molecule has 2 aromatic heterocycles. The summed E-state index contributed by atoms with van der Waals surface area (Å²) in [7, 11) is 0. The summed E-state index contributed by atoms with van der Waals surface area (Å²) in [5.74, 6) is 2.00. The number of aryl methyl sites for hydroxylation is 1. The lowest BCUT2D eigenvalue weighted by atomic mass is 9.87. The molecule has 5 atom stereocenters. The third-order valence-corrected chi connectivity index (χ3v) is 11.1. The molecule has 0 spiro atoms. The topological polar surface area (TPSA) is 75.2 Å². The number of terminal acetylenes is 1. The van der Waals surface area contributed by atoms with Crippen LogP contribution in [0.5, 0.6) is 6.01 Å². The molecule has 2 saturated heterocycles. The molecule has 250 valence electrons. The summed E-state index contributed by atoms with van der Waals surface area (Å²) in [6.45, 7) is 5.87. The summed E-state index contributed by atoms with van der Waals surface area (Å²) in [6.07, 6.45) is 11.8. The van der Waals surface area contributed by atoms with Crippen molar-refractivity contribution in [3.05, 3.63) is 53.2 Å². The van der Waals surface area contributed by atoms with Gasteiger partial charge in [-0.25, -0.2) is 18.2 Å². The van der Waals surface area contributed by atoms with Crippen LogP contribution in [0, 0.1) is 29.9 Å². The Bertz CT molecular complexity index is 1940. The maximum Gasteiger partial charge on any atom is 0.319 e. The highest BCUT2D eigenvalue weighted by Crippen LogP contribution is 2.42. The maximum atomic E-state index is 17.1. The first-order valence-electron chi connectivity index (χ1n) is 17.4. The van der Waals surface area contributed by atoms with Gasteiger partial charge in [-0.3, -0.25) is 4.90 Å². The van der Waals surface area contributed by atoms with Crippen molar-refractivity contribution in [1.29, 1.82) is 0 Å². The molecule has 0 amide bonds. The van der Waals surface area contributed by atoms with Crippen LogP contribution in [0.4, 0.5) is 19.0 Å². The Morgan fingerprint density at radius 1 is 1.15 bits per heavy atom. The number of fused-ring (bicyclic) bond motifs is 2. The minimum atomic E-state index is -0.902.